The second-order valence-electron chi connectivity index (χ2n) is 3.66. The molecule has 2 N–H and O–H groups in total. The standard InChI is InChI=1S/C13H10F2N3O/c14-9-1-5-11(6-2-9)16-13(19)18-17-12-7-3-10(15)4-8-12/h1-8H,(H2,16,18,19). The van der Waals surface area contributed by atoms with E-state index < -0.39 is 6.03 Å². The van der Waals surface area contributed by atoms with E-state index in [4.69, 9.17) is 0 Å². The molecule has 4 nitrogen and oxygen atoms in total. The van der Waals surface area contributed by atoms with Gasteiger partial charge in [0.1, 0.15) is 11.6 Å². The normalized spacial score (nSPS) is 9.79. The van der Waals surface area contributed by atoms with Gasteiger partial charge in [0, 0.05) is 5.69 Å². The fraction of sp³-hybridized carbons (Fsp3) is 0. The highest BCUT2D eigenvalue weighted by Crippen LogP contribution is 2.09. The number of anilines is 1. The number of amides is 2. The lowest BCUT2D eigenvalue weighted by atomic mass is 10.3. The van der Waals surface area contributed by atoms with Gasteiger partial charge in [-0.05, 0) is 48.5 Å². The average Bonchev–Trinajstić information content (AvgIpc) is 2.41. The molecule has 0 bridgehead atoms. The molecule has 2 amide bonds. The number of nitrogens with one attached hydrogen (secondary N) is 2. The lowest BCUT2D eigenvalue weighted by molar-refractivity contribution is 0.250. The Labute approximate surface area is 108 Å². The van der Waals surface area contributed by atoms with Gasteiger partial charge in [-0.1, -0.05) is 0 Å². The van der Waals surface area contributed by atoms with E-state index in [-0.39, 0.29) is 11.6 Å². The van der Waals surface area contributed by atoms with E-state index in [2.05, 4.69) is 16.2 Å². The van der Waals surface area contributed by atoms with E-state index >= 15 is 0 Å². The topological polar surface area (TPSA) is 55.2 Å². The van der Waals surface area contributed by atoms with Crippen LogP contribution in [0, 0.1) is 11.6 Å². The third-order valence-electron chi connectivity index (χ3n) is 2.22. The van der Waals surface area contributed by atoms with Crippen LogP contribution in [0.2, 0.25) is 0 Å². The first-order chi connectivity index (χ1) is 9.13. The molecule has 0 aliphatic carbocycles. The zero-order chi connectivity index (χ0) is 13.7. The molecular formula is C13H10F2N3O. The summed E-state index contributed by atoms with van der Waals surface area (Å²) < 4.78 is 25.3. The molecule has 2 aromatic rings. The van der Waals surface area contributed by atoms with Crippen LogP contribution in [-0.4, -0.2) is 6.03 Å². The quantitative estimate of drug-likeness (QED) is 0.821. The maximum atomic E-state index is 12.6. The predicted molar refractivity (Wildman–Crippen MR) is 66.7 cm³/mol. The minimum atomic E-state index is -0.573. The van der Waals surface area contributed by atoms with E-state index in [1.165, 1.54) is 48.5 Å². The zero-order valence-corrected chi connectivity index (χ0v) is 9.73. The van der Waals surface area contributed by atoms with E-state index in [1.54, 1.807) is 0 Å². The lowest BCUT2D eigenvalue weighted by Crippen LogP contribution is -2.32. The summed E-state index contributed by atoms with van der Waals surface area (Å²) in [7, 11) is 0. The van der Waals surface area contributed by atoms with Crippen LogP contribution in [0.25, 0.3) is 0 Å². The van der Waals surface area contributed by atoms with Gasteiger partial charge in [0.15, 0.2) is 0 Å². The summed E-state index contributed by atoms with van der Waals surface area (Å²) in [6.07, 6.45) is 0. The first-order valence-electron chi connectivity index (χ1n) is 5.42. The Morgan fingerprint density at radius 3 is 2.00 bits per heavy atom. The second-order valence-corrected chi connectivity index (χ2v) is 3.66. The SMILES string of the molecule is O=C(N[N]c1ccc(F)cc1)Nc1ccc(F)cc1. The van der Waals surface area contributed by atoms with Crippen molar-refractivity contribution in [3.8, 4) is 0 Å². The summed E-state index contributed by atoms with van der Waals surface area (Å²) in [6, 6.07) is 10.0. The van der Waals surface area contributed by atoms with Crippen molar-refractivity contribution in [3.63, 3.8) is 0 Å². The third-order valence-corrected chi connectivity index (χ3v) is 2.22. The molecule has 0 atom stereocenters. The molecule has 0 aliphatic rings. The van der Waals surface area contributed by atoms with Crippen molar-refractivity contribution in [1.29, 1.82) is 0 Å². The van der Waals surface area contributed by atoms with Crippen molar-refractivity contribution >= 4 is 17.4 Å². The van der Waals surface area contributed by atoms with Crippen molar-refractivity contribution < 1.29 is 13.6 Å². The Morgan fingerprint density at radius 2 is 1.42 bits per heavy atom. The maximum absolute atomic E-state index is 12.6. The van der Waals surface area contributed by atoms with Crippen molar-refractivity contribution in [1.82, 2.24) is 10.9 Å². The molecule has 2 rings (SSSR count). The minimum absolute atomic E-state index is 0.380. The van der Waals surface area contributed by atoms with Crippen LogP contribution in [0.4, 0.5) is 25.0 Å². The number of carbonyl (C=O) groups is 1. The average molecular weight is 262 g/mol. The molecule has 0 saturated carbocycles. The molecule has 0 saturated heterocycles. The van der Waals surface area contributed by atoms with Gasteiger partial charge in [-0.15, -0.1) is 0 Å². The molecule has 97 valence electrons. The van der Waals surface area contributed by atoms with Crippen LogP contribution in [0.1, 0.15) is 0 Å². The van der Waals surface area contributed by atoms with E-state index in [9.17, 15) is 13.6 Å². The summed E-state index contributed by atoms with van der Waals surface area (Å²) in [4.78, 5) is 11.5. The minimum Gasteiger partial charge on any atom is -0.307 e. The van der Waals surface area contributed by atoms with Gasteiger partial charge in [-0.25, -0.2) is 19.0 Å². The number of hydrogen-bond donors (Lipinski definition) is 2. The van der Waals surface area contributed by atoms with Gasteiger partial charge in [0.25, 0.3) is 0 Å². The summed E-state index contributed by atoms with van der Waals surface area (Å²) >= 11 is 0. The van der Waals surface area contributed by atoms with E-state index in [1.807, 2.05) is 0 Å². The van der Waals surface area contributed by atoms with Crippen LogP contribution in [0.5, 0.6) is 0 Å². The van der Waals surface area contributed by atoms with E-state index in [0.29, 0.717) is 11.4 Å². The first kappa shape index (κ1) is 12.8. The smallest absolute Gasteiger partial charge is 0.307 e. The molecule has 0 unspecified atom stereocenters. The molecule has 1 radical (unpaired) electrons. The largest absolute Gasteiger partial charge is 0.339 e. The molecule has 0 heterocycles. The summed E-state index contributed by atoms with van der Waals surface area (Å²) in [5, 5.41) is 2.47. The second kappa shape index (κ2) is 5.81. The molecule has 0 aromatic heterocycles. The van der Waals surface area contributed by atoms with Crippen molar-refractivity contribution in [2.45, 2.75) is 0 Å². The zero-order valence-electron chi connectivity index (χ0n) is 9.73. The van der Waals surface area contributed by atoms with Crippen molar-refractivity contribution in [2.75, 3.05) is 5.32 Å². The van der Waals surface area contributed by atoms with Gasteiger partial charge in [0.05, 0.1) is 5.69 Å². The van der Waals surface area contributed by atoms with Crippen LogP contribution in [0.3, 0.4) is 0 Å². The fourth-order valence-corrected chi connectivity index (χ4v) is 1.32. The Balaban J connectivity index is 1.84. The van der Waals surface area contributed by atoms with Gasteiger partial charge >= 0.3 is 6.03 Å². The molecule has 19 heavy (non-hydrogen) atoms. The summed E-state index contributed by atoms with van der Waals surface area (Å²) in [6.45, 7) is 0. The molecule has 2 aromatic carbocycles. The third kappa shape index (κ3) is 3.95. The lowest BCUT2D eigenvalue weighted by Gasteiger charge is -2.07. The number of urea groups is 1. The van der Waals surface area contributed by atoms with E-state index in [0.717, 1.165) is 0 Å². The number of carbonyl (C=O) groups excluding carboxylic acids is 1. The van der Waals surface area contributed by atoms with Crippen LogP contribution in [0.15, 0.2) is 48.5 Å². The number of halogens is 2. The Bertz CT molecular complexity index is 555. The highest BCUT2D eigenvalue weighted by molar-refractivity contribution is 5.89. The number of benzene rings is 2. The van der Waals surface area contributed by atoms with Crippen LogP contribution in [-0.2, 0) is 0 Å². The molecule has 0 fully saturated rings. The van der Waals surface area contributed by atoms with Crippen molar-refractivity contribution in [2.24, 2.45) is 0 Å². The van der Waals surface area contributed by atoms with Gasteiger partial charge < -0.3 is 5.32 Å². The highest BCUT2D eigenvalue weighted by Gasteiger charge is 2.02. The van der Waals surface area contributed by atoms with Crippen LogP contribution < -0.4 is 16.2 Å². The predicted octanol–water partition coefficient (Wildman–Crippen LogP) is 2.94. The number of rotatable bonds is 3. The number of hydrogen-bond acceptors (Lipinski definition) is 1. The van der Waals surface area contributed by atoms with Crippen molar-refractivity contribution in [3.05, 3.63) is 60.2 Å². The molecular weight excluding hydrogens is 252 g/mol. The molecule has 6 heteroatoms. The maximum Gasteiger partial charge on any atom is 0.339 e. The Hall–Kier alpha value is -2.63. The highest BCUT2D eigenvalue weighted by atomic mass is 19.1. The Kier molecular flexibility index (Phi) is 3.92. The molecule has 0 spiro atoms. The van der Waals surface area contributed by atoms with Crippen LogP contribution >= 0.6 is 0 Å². The fourth-order valence-electron chi connectivity index (χ4n) is 1.32. The Morgan fingerprint density at radius 1 is 0.895 bits per heavy atom. The summed E-state index contributed by atoms with van der Waals surface area (Å²) in [5.74, 6) is -0.767. The summed E-state index contributed by atoms with van der Waals surface area (Å²) in [5.41, 5.74) is 6.85. The van der Waals surface area contributed by atoms with Gasteiger partial charge in [0.2, 0.25) is 0 Å². The van der Waals surface area contributed by atoms with Gasteiger partial charge in [-0.2, -0.15) is 5.43 Å². The molecule has 0 aliphatic heterocycles. The number of nitrogens with zero attached hydrogens (tertiary/aromatic N) is 1. The first-order valence-corrected chi connectivity index (χ1v) is 5.42. The monoisotopic (exact) mass is 262 g/mol. The van der Waals surface area contributed by atoms with Gasteiger partial charge in [-0.3, -0.25) is 0 Å².